The van der Waals surface area contributed by atoms with Crippen molar-refractivity contribution in [2.24, 2.45) is 0 Å². The Morgan fingerprint density at radius 3 is 2.64 bits per heavy atom. The van der Waals surface area contributed by atoms with Crippen LogP contribution in [-0.4, -0.2) is 48.5 Å². The SMILES string of the molecule is COc1ccc2c(c1)CCCN([C@H](C)C(=O)N1CCCC1)C2. The average Bonchev–Trinajstić information content (AvgIpc) is 2.99. The van der Waals surface area contributed by atoms with Gasteiger partial charge in [-0.1, -0.05) is 6.07 Å². The van der Waals surface area contributed by atoms with Gasteiger partial charge in [0.1, 0.15) is 5.75 Å². The van der Waals surface area contributed by atoms with Gasteiger partial charge in [0.25, 0.3) is 0 Å². The lowest BCUT2D eigenvalue weighted by Crippen LogP contribution is -2.46. The number of likely N-dealkylation sites (tertiary alicyclic amines) is 1. The molecule has 2 aliphatic rings. The number of rotatable bonds is 3. The van der Waals surface area contributed by atoms with Gasteiger partial charge in [-0.3, -0.25) is 9.69 Å². The summed E-state index contributed by atoms with van der Waals surface area (Å²) in [5, 5.41) is 0. The maximum Gasteiger partial charge on any atom is 0.239 e. The van der Waals surface area contributed by atoms with Crippen LogP contribution in [0.5, 0.6) is 5.75 Å². The number of methoxy groups -OCH3 is 1. The number of carbonyl (C=O) groups is 1. The van der Waals surface area contributed by atoms with Crippen LogP contribution in [-0.2, 0) is 17.8 Å². The van der Waals surface area contributed by atoms with E-state index in [0.717, 1.165) is 57.6 Å². The Morgan fingerprint density at radius 2 is 1.91 bits per heavy atom. The lowest BCUT2D eigenvalue weighted by molar-refractivity contribution is -0.135. The highest BCUT2D eigenvalue weighted by Gasteiger charge is 2.29. The van der Waals surface area contributed by atoms with Crippen LogP contribution in [0.2, 0.25) is 0 Å². The first-order chi connectivity index (χ1) is 10.7. The molecule has 4 heteroatoms. The molecular weight excluding hydrogens is 276 g/mol. The lowest BCUT2D eigenvalue weighted by Gasteiger charge is -2.30. The van der Waals surface area contributed by atoms with Crippen molar-refractivity contribution in [3.63, 3.8) is 0 Å². The van der Waals surface area contributed by atoms with Crippen molar-refractivity contribution in [1.29, 1.82) is 0 Å². The molecule has 0 radical (unpaired) electrons. The molecule has 1 amide bonds. The maximum atomic E-state index is 12.6. The van der Waals surface area contributed by atoms with E-state index in [4.69, 9.17) is 4.74 Å². The highest BCUT2D eigenvalue weighted by atomic mass is 16.5. The fraction of sp³-hybridized carbons (Fsp3) is 0.611. The molecular formula is C18H26N2O2. The topological polar surface area (TPSA) is 32.8 Å². The number of ether oxygens (including phenoxy) is 1. The van der Waals surface area contributed by atoms with E-state index in [9.17, 15) is 4.79 Å². The first-order valence-electron chi connectivity index (χ1n) is 8.37. The third-order valence-electron chi connectivity index (χ3n) is 5.00. The van der Waals surface area contributed by atoms with Gasteiger partial charge in [0.05, 0.1) is 13.2 Å². The van der Waals surface area contributed by atoms with Gasteiger partial charge in [-0.05, 0) is 62.4 Å². The minimum Gasteiger partial charge on any atom is -0.497 e. The van der Waals surface area contributed by atoms with Crippen molar-refractivity contribution in [1.82, 2.24) is 9.80 Å². The Hall–Kier alpha value is -1.55. The summed E-state index contributed by atoms with van der Waals surface area (Å²) in [6.07, 6.45) is 4.47. The predicted molar refractivity (Wildman–Crippen MR) is 87.0 cm³/mol. The predicted octanol–water partition coefficient (Wildman–Crippen LogP) is 2.45. The van der Waals surface area contributed by atoms with Gasteiger partial charge in [-0.2, -0.15) is 0 Å². The summed E-state index contributed by atoms with van der Waals surface area (Å²) in [7, 11) is 1.71. The van der Waals surface area contributed by atoms with E-state index in [0.29, 0.717) is 5.91 Å². The first kappa shape index (κ1) is 15.3. The molecule has 120 valence electrons. The van der Waals surface area contributed by atoms with Gasteiger partial charge in [0, 0.05) is 19.6 Å². The number of carbonyl (C=O) groups excluding carboxylic acids is 1. The summed E-state index contributed by atoms with van der Waals surface area (Å²) in [4.78, 5) is 17.0. The zero-order valence-electron chi connectivity index (χ0n) is 13.7. The quantitative estimate of drug-likeness (QED) is 0.860. The number of hydrogen-bond acceptors (Lipinski definition) is 3. The average molecular weight is 302 g/mol. The third-order valence-corrected chi connectivity index (χ3v) is 5.00. The van der Waals surface area contributed by atoms with E-state index < -0.39 is 0 Å². The van der Waals surface area contributed by atoms with Crippen molar-refractivity contribution < 1.29 is 9.53 Å². The summed E-state index contributed by atoms with van der Waals surface area (Å²) in [5.41, 5.74) is 2.70. The molecule has 2 aliphatic heterocycles. The van der Waals surface area contributed by atoms with Crippen molar-refractivity contribution in [3.05, 3.63) is 29.3 Å². The smallest absolute Gasteiger partial charge is 0.239 e. The molecule has 0 N–H and O–H groups in total. The second-order valence-corrected chi connectivity index (χ2v) is 6.42. The highest BCUT2D eigenvalue weighted by molar-refractivity contribution is 5.81. The third kappa shape index (κ3) is 3.12. The Kier molecular flexibility index (Phi) is 4.67. The van der Waals surface area contributed by atoms with E-state index in [-0.39, 0.29) is 6.04 Å². The Morgan fingerprint density at radius 1 is 1.14 bits per heavy atom. The van der Waals surface area contributed by atoms with Crippen LogP contribution in [0.25, 0.3) is 0 Å². The Labute approximate surface area is 133 Å². The summed E-state index contributed by atoms with van der Waals surface area (Å²) in [6, 6.07) is 6.30. The molecule has 0 aliphatic carbocycles. The molecule has 0 saturated carbocycles. The zero-order chi connectivity index (χ0) is 15.5. The summed E-state index contributed by atoms with van der Waals surface area (Å²) < 4.78 is 5.33. The number of amides is 1. The summed E-state index contributed by atoms with van der Waals surface area (Å²) >= 11 is 0. The van der Waals surface area contributed by atoms with Crippen LogP contribution in [0.4, 0.5) is 0 Å². The molecule has 0 bridgehead atoms. The van der Waals surface area contributed by atoms with Crippen LogP contribution in [0, 0.1) is 0 Å². The lowest BCUT2D eigenvalue weighted by atomic mass is 10.0. The Balaban J connectivity index is 1.73. The monoisotopic (exact) mass is 302 g/mol. The molecule has 2 heterocycles. The largest absolute Gasteiger partial charge is 0.497 e. The molecule has 1 atom stereocenters. The van der Waals surface area contributed by atoms with Gasteiger partial charge < -0.3 is 9.64 Å². The van der Waals surface area contributed by atoms with Gasteiger partial charge in [0.15, 0.2) is 0 Å². The molecule has 1 aromatic carbocycles. The maximum absolute atomic E-state index is 12.6. The molecule has 1 aromatic rings. The summed E-state index contributed by atoms with van der Waals surface area (Å²) in [5.74, 6) is 1.22. The van der Waals surface area contributed by atoms with Gasteiger partial charge >= 0.3 is 0 Å². The second-order valence-electron chi connectivity index (χ2n) is 6.42. The minimum absolute atomic E-state index is 0.0221. The van der Waals surface area contributed by atoms with E-state index in [2.05, 4.69) is 24.0 Å². The van der Waals surface area contributed by atoms with Gasteiger partial charge in [-0.25, -0.2) is 0 Å². The molecule has 0 unspecified atom stereocenters. The molecule has 22 heavy (non-hydrogen) atoms. The van der Waals surface area contributed by atoms with Gasteiger partial charge in [-0.15, -0.1) is 0 Å². The van der Waals surface area contributed by atoms with Crippen molar-refractivity contribution in [2.45, 2.75) is 45.2 Å². The zero-order valence-corrected chi connectivity index (χ0v) is 13.7. The number of nitrogens with zero attached hydrogens (tertiary/aromatic N) is 2. The highest BCUT2D eigenvalue weighted by Crippen LogP contribution is 2.25. The Bertz CT molecular complexity index is 538. The molecule has 0 spiro atoms. The molecule has 0 aromatic heterocycles. The van der Waals surface area contributed by atoms with E-state index in [1.54, 1.807) is 7.11 Å². The van der Waals surface area contributed by atoms with Crippen molar-refractivity contribution >= 4 is 5.91 Å². The normalized spacial score (nSPS) is 20.4. The number of benzene rings is 1. The van der Waals surface area contributed by atoms with E-state index in [1.807, 2.05) is 11.0 Å². The van der Waals surface area contributed by atoms with Crippen molar-refractivity contribution in [3.8, 4) is 5.75 Å². The first-order valence-corrected chi connectivity index (χ1v) is 8.37. The van der Waals surface area contributed by atoms with Crippen LogP contribution in [0.15, 0.2) is 18.2 Å². The molecule has 3 rings (SSSR count). The molecule has 1 saturated heterocycles. The van der Waals surface area contributed by atoms with Gasteiger partial charge in [0.2, 0.25) is 5.91 Å². The van der Waals surface area contributed by atoms with Crippen LogP contribution in [0.3, 0.4) is 0 Å². The fourth-order valence-corrected chi connectivity index (χ4v) is 3.58. The number of aryl methyl sites for hydroxylation is 1. The van der Waals surface area contributed by atoms with Crippen LogP contribution in [0.1, 0.15) is 37.3 Å². The number of hydrogen-bond donors (Lipinski definition) is 0. The minimum atomic E-state index is -0.0221. The fourth-order valence-electron chi connectivity index (χ4n) is 3.58. The molecule has 4 nitrogen and oxygen atoms in total. The standard InChI is InChI=1S/C18H26N2O2/c1-14(18(21)19-9-3-4-10-19)20-11-5-6-15-12-17(22-2)8-7-16(15)13-20/h7-8,12,14H,3-6,9-11,13H2,1-2H3/t14-/m1/s1. The van der Waals surface area contributed by atoms with Crippen molar-refractivity contribution in [2.75, 3.05) is 26.7 Å². The summed E-state index contributed by atoms with van der Waals surface area (Å²) in [6.45, 7) is 5.78. The van der Waals surface area contributed by atoms with E-state index >= 15 is 0 Å². The van der Waals surface area contributed by atoms with E-state index in [1.165, 1.54) is 11.1 Å². The number of fused-ring (bicyclic) bond motifs is 1. The van der Waals surface area contributed by atoms with Crippen LogP contribution >= 0.6 is 0 Å². The second kappa shape index (κ2) is 6.69. The van der Waals surface area contributed by atoms with Crippen LogP contribution < -0.4 is 4.74 Å². The molecule has 1 fully saturated rings.